The Morgan fingerprint density at radius 2 is 1.94 bits per heavy atom. The number of nitrogens with one attached hydrogen (secondary N) is 3. The number of aliphatic imine (C=N–C) groups is 1. The van der Waals surface area contributed by atoms with Crippen molar-refractivity contribution in [1.82, 2.24) is 14.7 Å². The van der Waals surface area contributed by atoms with Gasteiger partial charge >= 0.3 is 0 Å². The third kappa shape index (κ3) is 5.99. The minimum absolute atomic E-state index is 0.00663. The second-order valence-corrected chi connectivity index (χ2v) is 10.1. The summed E-state index contributed by atoms with van der Waals surface area (Å²) in [5, 5.41) is 3.50. The molecule has 4 rings (SSSR count). The van der Waals surface area contributed by atoms with E-state index in [1.165, 1.54) is 12.1 Å². The second-order valence-electron chi connectivity index (χ2n) is 7.50. The van der Waals surface area contributed by atoms with Crippen LogP contribution in [0.2, 0.25) is 0 Å². The maximum Gasteiger partial charge on any atom is 0.262 e. The van der Waals surface area contributed by atoms with E-state index in [2.05, 4.69) is 25.0 Å². The maximum absolute atomic E-state index is 12.7. The van der Waals surface area contributed by atoms with Gasteiger partial charge in [-0.05, 0) is 43.2 Å². The van der Waals surface area contributed by atoms with Crippen molar-refractivity contribution >= 4 is 50.1 Å². The van der Waals surface area contributed by atoms with Crippen molar-refractivity contribution < 1.29 is 13.2 Å². The van der Waals surface area contributed by atoms with Crippen LogP contribution >= 0.6 is 11.8 Å². The molecule has 3 N–H and O–H groups in total. The SMILES string of the molecule is O=C(CSc1nc2ccccc2c(=O)[nH]1)Nc1cccc(S(=O)(=O)NC2=NCCCCC2)c1. The molecule has 2 heterocycles. The zero-order valence-electron chi connectivity index (χ0n) is 17.7. The summed E-state index contributed by atoms with van der Waals surface area (Å²) in [5.74, 6) is 0.106. The smallest absolute Gasteiger partial charge is 0.262 e. The largest absolute Gasteiger partial charge is 0.325 e. The highest BCUT2D eigenvalue weighted by atomic mass is 32.2. The predicted octanol–water partition coefficient (Wildman–Crippen LogP) is 2.90. The average Bonchev–Trinajstić information content (AvgIpc) is 3.06. The molecule has 3 aromatic rings. The molecule has 0 fully saturated rings. The van der Waals surface area contributed by atoms with Crippen molar-refractivity contribution in [3.05, 3.63) is 58.9 Å². The lowest BCUT2D eigenvalue weighted by Crippen LogP contribution is -2.30. The number of thioether (sulfide) groups is 1. The molecule has 0 spiro atoms. The summed E-state index contributed by atoms with van der Waals surface area (Å²) in [6.07, 6.45) is 3.47. The van der Waals surface area contributed by atoms with Crippen LogP contribution in [0.3, 0.4) is 0 Å². The molecule has 0 aliphatic carbocycles. The Labute approximate surface area is 195 Å². The van der Waals surface area contributed by atoms with Crippen molar-refractivity contribution in [1.29, 1.82) is 0 Å². The van der Waals surface area contributed by atoms with Crippen LogP contribution in [-0.4, -0.2) is 42.4 Å². The third-order valence-electron chi connectivity index (χ3n) is 4.99. The van der Waals surface area contributed by atoms with Gasteiger partial charge in [0.25, 0.3) is 15.6 Å². The number of sulfonamides is 1. The number of aromatic nitrogens is 2. The lowest BCUT2D eigenvalue weighted by Gasteiger charge is -2.11. The Kier molecular flexibility index (Phi) is 7.09. The van der Waals surface area contributed by atoms with Crippen molar-refractivity contribution in [2.24, 2.45) is 4.99 Å². The van der Waals surface area contributed by atoms with Crippen molar-refractivity contribution in [3.8, 4) is 0 Å². The number of amidine groups is 1. The normalized spacial score (nSPS) is 14.4. The second kappa shape index (κ2) is 10.2. The molecule has 9 nitrogen and oxygen atoms in total. The van der Waals surface area contributed by atoms with Crippen LogP contribution in [0.5, 0.6) is 0 Å². The van der Waals surface area contributed by atoms with E-state index in [0.717, 1.165) is 31.0 Å². The first-order valence-electron chi connectivity index (χ1n) is 10.5. The molecule has 0 unspecified atom stereocenters. The van der Waals surface area contributed by atoms with Crippen LogP contribution in [-0.2, 0) is 14.8 Å². The first-order chi connectivity index (χ1) is 15.9. The Bertz CT molecular complexity index is 1370. The monoisotopic (exact) mass is 485 g/mol. The van der Waals surface area contributed by atoms with Gasteiger partial charge in [-0.1, -0.05) is 36.4 Å². The summed E-state index contributed by atoms with van der Waals surface area (Å²) in [6, 6.07) is 13.0. The van der Waals surface area contributed by atoms with Gasteiger partial charge in [-0.2, -0.15) is 0 Å². The van der Waals surface area contributed by atoms with Gasteiger partial charge < -0.3 is 10.3 Å². The number of fused-ring (bicyclic) bond motifs is 1. The van der Waals surface area contributed by atoms with Crippen molar-refractivity contribution in [2.75, 3.05) is 17.6 Å². The fourth-order valence-corrected chi connectivity index (χ4v) is 5.18. The number of aromatic amines is 1. The van der Waals surface area contributed by atoms with Crippen LogP contribution < -0.4 is 15.6 Å². The first-order valence-corrected chi connectivity index (χ1v) is 13.0. The van der Waals surface area contributed by atoms with Gasteiger partial charge in [0.15, 0.2) is 5.16 Å². The molecule has 0 saturated heterocycles. The number of hydrogen-bond acceptors (Lipinski definition) is 7. The van der Waals surface area contributed by atoms with Crippen LogP contribution in [0.15, 0.2) is 68.4 Å². The highest BCUT2D eigenvalue weighted by Crippen LogP contribution is 2.18. The highest BCUT2D eigenvalue weighted by molar-refractivity contribution is 7.99. The van der Waals surface area contributed by atoms with Gasteiger partial charge in [-0.25, -0.2) is 13.4 Å². The van der Waals surface area contributed by atoms with E-state index >= 15 is 0 Å². The Hall–Kier alpha value is -3.18. The van der Waals surface area contributed by atoms with Crippen LogP contribution in [0, 0.1) is 0 Å². The van der Waals surface area contributed by atoms with Gasteiger partial charge in [0, 0.05) is 18.7 Å². The van der Waals surface area contributed by atoms with E-state index in [4.69, 9.17) is 0 Å². The Balaban J connectivity index is 1.40. The van der Waals surface area contributed by atoms with E-state index in [1.807, 2.05) is 0 Å². The Morgan fingerprint density at radius 1 is 1.09 bits per heavy atom. The van der Waals surface area contributed by atoms with Crippen LogP contribution in [0.1, 0.15) is 25.7 Å². The number of carbonyl (C=O) groups excluding carboxylic acids is 1. The topological polar surface area (TPSA) is 133 Å². The lowest BCUT2D eigenvalue weighted by molar-refractivity contribution is -0.113. The molecule has 0 atom stereocenters. The maximum atomic E-state index is 12.7. The molecule has 1 amide bonds. The number of anilines is 1. The summed E-state index contributed by atoms with van der Waals surface area (Å²) < 4.78 is 28.1. The minimum atomic E-state index is -3.80. The van der Waals surface area contributed by atoms with Crippen LogP contribution in [0.25, 0.3) is 10.9 Å². The van der Waals surface area contributed by atoms with Gasteiger partial charge in [-0.15, -0.1) is 0 Å². The molecule has 1 aliphatic rings. The van der Waals surface area contributed by atoms with E-state index in [0.29, 0.717) is 40.5 Å². The molecule has 33 heavy (non-hydrogen) atoms. The average molecular weight is 486 g/mol. The standard InChI is InChI=1S/C22H23N5O4S2/c28-20(14-32-22-25-18-10-4-3-9-17(18)21(29)26-22)24-15-7-6-8-16(13-15)33(30,31)27-19-11-2-1-5-12-23-19/h3-4,6-10,13H,1-2,5,11-12,14H2,(H,23,27)(H,24,28)(H,25,26,29). The van der Waals surface area contributed by atoms with Gasteiger partial charge in [0.05, 0.1) is 21.6 Å². The van der Waals surface area contributed by atoms with E-state index in [-0.39, 0.29) is 22.1 Å². The fourth-order valence-electron chi connectivity index (χ4n) is 3.38. The molecule has 2 aromatic carbocycles. The number of carbonyl (C=O) groups is 1. The zero-order chi connectivity index (χ0) is 23.3. The van der Waals surface area contributed by atoms with Gasteiger partial charge in [0.1, 0.15) is 5.84 Å². The number of para-hydroxylation sites is 1. The molecule has 1 aromatic heterocycles. The first kappa shape index (κ1) is 23.0. The number of hydrogen-bond donors (Lipinski definition) is 3. The fraction of sp³-hybridized carbons (Fsp3) is 0.273. The summed E-state index contributed by atoms with van der Waals surface area (Å²) in [6.45, 7) is 0.614. The highest BCUT2D eigenvalue weighted by Gasteiger charge is 2.18. The molecule has 11 heteroatoms. The zero-order valence-corrected chi connectivity index (χ0v) is 19.3. The lowest BCUT2D eigenvalue weighted by atomic mass is 10.2. The molecule has 172 valence electrons. The quantitative estimate of drug-likeness (QED) is 0.363. The Morgan fingerprint density at radius 3 is 2.82 bits per heavy atom. The number of H-pyrrole nitrogens is 1. The summed E-state index contributed by atoms with van der Waals surface area (Å²) in [4.78, 5) is 35.9. The van der Waals surface area contributed by atoms with Crippen molar-refractivity contribution in [3.63, 3.8) is 0 Å². The van der Waals surface area contributed by atoms with Crippen LogP contribution in [0.4, 0.5) is 5.69 Å². The molecular weight excluding hydrogens is 462 g/mol. The number of amides is 1. The summed E-state index contributed by atoms with van der Waals surface area (Å²) in [7, 11) is -3.80. The third-order valence-corrected chi connectivity index (χ3v) is 7.24. The molecule has 0 radical (unpaired) electrons. The molecule has 0 saturated carbocycles. The van der Waals surface area contributed by atoms with Gasteiger partial charge in [-0.3, -0.25) is 19.3 Å². The van der Waals surface area contributed by atoms with Crippen molar-refractivity contribution in [2.45, 2.75) is 35.7 Å². The summed E-state index contributed by atoms with van der Waals surface area (Å²) >= 11 is 1.09. The predicted molar refractivity (Wildman–Crippen MR) is 129 cm³/mol. The number of benzene rings is 2. The number of rotatable bonds is 6. The number of nitrogens with zero attached hydrogens (tertiary/aromatic N) is 2. The van der Waals surface area contributed by atoms with E-state index in [1.54, 1.807) is 36.4 Å². The minimum Gasteiger partial charge on any atom is -0.325 e. The van der Waals surface area contributed by atoms with E-state index < -0.39 is 10.0 Å². The van der Waals surface area contributed by atoms with Gasteiger partial charge in [0.2, 0.25) is 5.91 Å². The molecule has 1 aliphatic heterocycles. The molecular formula is C22H23N5O4S2. The van der Waals surface area contributed by atoms with E-state index in [9.17, 15) is 18.0 Å². The summed E-state index contributed by atoms with van der Waals surface area (Å²) in [5.41, 5.74) is 0.631. The molecule has 0 bridgehead atoms.